The van der Waals surface area contributed by atoms with E-state index in [2.05, 4.69) is 17.1 Å². The van der Waals surface area contributed by atoms with Crippen LogP contribution in [0, 0.1) is 21.4 Å². The minimum absolute atomic E-state index is 0.105. The summed E-state index contributed by atoms with van der Waals surface area (Å²) in [5, 5.41) is 23.4. The molecule has 0 aromatic heterocycles. The smallest absolute Gasteiger partial charge is 0.309 e. The van der Waals surface area contributed by atoms with Crippen molar-refractivity contribution in [2.45, 2.75) is 32.2 Å². The molecule has 0 radical (unpaired) electrons. The van der Waals surface area contributed by atoms with E-state index in [-0.39, 0.29) is 17.3 Å². The van der Waals surface area contributed by atoms with Crippen molar-refractivity contribution in [3.63, 3.8) is 0 Å². The molecule has 2 rings (SSSR count). The third-order valence-corrected chi connectivity index (χ3v) is 3.83. The molecule has 0 unspecified atom stereocenters. The lowest BCUT2D eigenvalue weighted by Crippen LogP contribution is -2.39. The van der Waals surface area contributed by atoms with Gasteiger partial charge in [-0.2, -0.15) is 5.26 Å². The Morgan fingerprint density at radius 2 is 2.19 bits per heavy atom. The Balaban J connectivity index is 2.07. The van der Waals surface area contributed by atoms with E-state index < -0.39 is 4.92 Å². The van der Waals surface area contributed by atoms with Crippen LogP contribution in [0.3, 0.4) is 0 Å². The van der Waals surface area contributed by atoms with Gasteiger partial charge in [-0.1, -0.05) is 13.0 Å². The zero-order valence-electron chi connectivity index (χ0n) is 12.2. The SMILES string of the molecule is CCCN1CCC(Nc2cccc(C#N)c2[N+](=O)[O-])CC1. The highest BCUT2D eigenvalue weighted by atomic mass is 16.6. The molecular weight excluding hydrogens is 268 g/mol. The van der Waals surface area contributed by atoms with Gasteiger partial charge in [0.05, 0.1) is 4.92 Å². The van der Waals surface area contributed by atoms with Gasteiger partial charge >= 0.3 is 5.69 Å². The number of nitriles is 1. The van der Waals surface area contributed by atoms with Gasteiger partial charge in [-0.25, -0.2) is 0 Å². The zero-order chi connectivity index (χ0) is 15.2. The maximum absolute atomic E-state index is 11.2. The van der Waals surface area contributed by atoms with E-state index in [1.165, 1.54) is 6.07 Å². The Morgan fingerprint density at radius 1 is 1.48 bits per heavy atom. The number of hydrogen-bond donors (Lipinski definition) is 1. The molecule has 0 saturated carbocycles. The quantitative estimate of drug-likeness (QED) is 0.665. The van der Waals surface area contributed by atoms with Crippen LogP contribution in [-0.2, 0) is 0 Å². The van der Waals surface area contributed by atoms with Gasteiger partial charge in [0, 0.05) is 19.1 Å². The zero-order valence-corrected chi connectivity index (χ0v) is 12.2. The van der Waals surface area contributed by atoms with Crippen molar-refractivity contribution >= 4 is 11.4 Å². The topological polar surface area (TPSA) is 82.2 Å². The number of rotatable bonds is 5. The van der Waals surface area contributed by atoms with Crippen LogP contribution >= 0.6 is 0 Å². The van der Waals surface area contributed by atoms with Crippen LogP contribution in [0.1, 0.15) is 31.7 Å². The average Bonchev–Trinajstić information content (AvgIpc) is 2.49. The Hall–Kier alpha value is -2.13. The van der Waals surface area contributed by atoms with E-state index in [1.807, 2.05) is 6.07 Å². The number of nitrogens with zero attached hydrogens (tertiary/aromatic N) is 3. The lowest BCUT2D eigenvalue weighted by molar-refractivity contribution is -0.384. The standard InChI is InChI=1S/C15H20N4O2/c1-2-8-18-9-6-13(7-10-18)17-14-5-3-4-12(11-16)15(14)19(20)21/h3-5,13,17H,2,6-10H2,1H3. The van der Waals surface area contributed by atoms with Crippen molar-refractivity contribution in [1.29, 1.82) is 5.26 Å². The first-order chi connectivity index (χ1) is 10.2. The molecule has 1 aromatic rings. The van der Waals surface area contributed by atoms with E-state index >= 15 is 0 Å². The van der Waals surface area contributed by atoms with E-state index in [4.69, 9.17) is 5.26 Å². The van der Waals surface area contributed by atoms with Gasteiger partial charge in [0.15, 0.2) is 0 Å². The molecule has 0 aliphatic carbocycles. The second-order valence-corrected chi connectivity index (χ2v) is 5.33. The van der Waals surface area contributed by atoms with Crippen molar-refractivity contribution in [3.8, 4) is 6.07 Å². The Bertz CT molecular complexity index is 545. The summed E-state index contributed by atoms with van der Waals surface area (Å²) in [6.45, 7) is 5.30. The van der Waals surface area contributed by atoms with Crippen molar-refractivity contribution in [2.24, 2.45) is 0 Å². The molecular formula is C15H20N4O2. The Morgan fingerprint density at radius 3 is 2.76 bits per heavy atom. The van der Waals surface area contributed by atoms with Gasteiger partial charge in [0.25, 0.3) is 0 Å². The number of para-hydroxylation sites is 1. The van der Waals surface area contributed by atoms with E-state index in [1.54, 1.807) is 12.1 Å². The van der Waals surface area contributed by atoms with Crippen LogP contribution in [0.4, 0.5) is 11.4 Å². The van der Waals surface area contributed by atoms with Gasteiger partial charge in [0.1, 0.15) is 17.3 Å². The second kappa shape index (κ2) is 7.04. The molecule has 6 nitrogen and oxygen atoms in total. The van der Waals surface area contributed by atoms with Gasteiger partial charge in [-0.15, -0.1) is 0 Å². The molecule has 0 amide bonds. The third kappa shape index (κ3) is 3.70. The monoisotopic (exact) mass is 288 g/mol. The summed E-state index contributed by atoms with van der Waals surface area (Å²) in [4.78, 5) is 13.1. The van der Waals surface area contributed by atoms with Crippen LogP contribution in [0.5, 0.6) is 0 Å². The van der Waals surface area contributed by atoms with Crippen LogP contribution in [0.2, 0.25) is 0 Å². The van der Waals surface area contributed by atoms with Crippen LogP contribution in [-0.4, -0.2) is 35.5 Å². The van der Waals surface area contributed by atoms with Gasteiger partial charge in [0.2, 0.25) is 0 Å². The normalized spacial score (nSPS) is 16.4. The number of hydrogen-bond acceptors (Lipinski definition) is 5. The molecule has 1 fully saturated rings. The molecule has 112 valence electrons. The number of nitro groups is 1. The third-order valence-electron chi connectivity index (χ3n) is 3.83. The molecule has 0 bridgehead atoms. The maximum Gasteiger partial charge on any atom is 0.309 e. The molecule has 0 spiro atoms. The molecule has 1 N–H and O–H groups in total. The highest BCUT2D eigenvalue weighted by Gasteiger charge is 2.24. The van der Waals surface area contributed by atoms with Crippen molar-refractivity contribution in [2.75, 3.05) is 25.0 Å². The van der Waals surface area contributed by atoms with E-state index in [0.29, 0.717) is 5.69 Å². The summed E-state index contributed by atoms with van der Waals surface area (Å²) >= 11 is 0. The summed E-state index contributed by atoms with van der Waals surface area (Å²) in [6, 6.07) is 6.95. The highest BCUT2D eigenvalue weighted by Crippen LogP contribution is 2.29. The van der Waals surface area contributed by atoms with Gasteiger partial charge in [-0.3, -0.25) is 10.1 Å². The average molecular weight is 288 g/mol. The number of benzene rings is 1. The Kier molecular flexibility index (Phi) is 5.12. The fraction of sp³-hybridized carbons (Fsp3) is 0.533. The van der Waals surface area contributed by atoms with Crippen molar-refractivity contribution in [1.82, 2.24) is 4.90 Å². The lowest BCUT2D eigenvalue weighted by atomic mass is 10.0. The van der Waals surface area contributed by atoms with E-state index in [9.17, 15) is 10.1 Å². The number of piperidine rings is 1. The Labute approximate surface area is 124 Å². The first-order valence-corrected chi connectivity index (χ1v) is 7.32. The molecule has 6 heteroatoms. The predicted molar refractivity (Wildman–Crippen MR) is 81.2 cm³/mol. The largest absolute Gasteiger partial charge is 0.377 e. The number of likely N-dealkylation sites (tertiary alicyclic amines) is 1. The summed E-state index contributed by atoms with van der Waals surface area (Å²) in [7, 11) is 0. The summed E-state index contributed by atoms with van der Waals surface area (Å²) in [5.41, 5.74) is 0.442. The minimum atomic E-state index is -0.479. The van der Waals surface area contributed by atoms with Crippen LogP contribution in [0.25, 0.3) is 0 Å². The van der Waals surface area contributed by atoms with Crippen molar-refractivity contribution < 1.29 is 4.92 Å². The highest BCUT2D eigenvalue weighted by molar-refractivity contribution is 5.68. The van der Waals surface area contributed by atoms with Crippen LogP contribution < -0.4 is 5.32 Å². The molecule has 21 heavy (non-hydrogen) atoms. The summed E-state index contributed by atoms with van der Waals surface area (Å²) in [5.74, 6) is 0. The lowest BCUT2D eigenvalue weighted by Gasteiger charge is -2.32. The number of nitrogens with one attached hydrogen (secondary N) is 1. The van der Waals surface area contributed by atoms with Crippen LogP contribution in [0.15, 0.2) is 18.2 Å². The molecule has 1 aromatic carbocycles. The van der Waals surface area contributed by atoms with Crippen molar-refractivity contribution in [3.05, 3.63) is 33.9 Å². The molecule has 1 aliphatic heterocycles. The molecule has 1 aliphatic rings. The van der Waals surface area contributed by atoms with E-state index in [0.717, 1.165) is 38.9 Å². The first-order valence-electron chi connectivity index (χ1n) is 7.32. The van der Waals surface area contributed by atoms with Gasteiger partial charge < -0.3 is 10.2 Å². The number of anilines is 1. The molecule has 0 atom stereocenters. The minimum Gasteiger partial charge on any atom is -0.377 e. The predicted octanol–water partition coefficient (Wildman–Crippen LogP) is 2.75. The molecule has 1 heterocycles. The fourth-order valence-corrected chi connectivity index (χ4v) is 2.78. The second-order valence-electron chi connectivity index (χ2n) is 5.33. The first kappa shape index (κ1) is 15.3. The van der Waals surface area contributed by atoms with Gasteiger partial charge in [-0.05, 0) is 37.9 Å². The maximum atomic E-state index is 11.2. The summed E-state index contributed by atoms with van der Waals surface area (Å²) < 4.78 is 0. The fourth-order valence-electron chi connectivity index (χ4n) is 2.78. The summed E-state index contributed by atoms with van der Waals surface area (Å²) in [6.07, 6.45) is 3.08. The molecule has 1 saturated heterocycles. The number of nitro benzene ring substituents is 1.